The van der Waals surface area contributed by atoms with Gasteiger partial charge < -0.3 is 14.5 Å². The summed E-state index contributed by atoms with van der Waals surface area (Å²) in [7, 11) is 0. The summed E-state index contributed by atoms with van der Waals surface area (Å²) in [6.07, 6.45) is 1.50. The maximum atomic E-state index is 12.4. The number of nitrogens with zero attached hydrogens (tertiary/aromatic N) is 6. The van der Waals surface area contributed by atoms with Crippen molar-refractivity contribution in [2.45, 2.75) is 32.9 Å². The molecule has 1 N–H and O–H groups in total. The second kappa shape index (κ2) is 8.30. The third-order valence-corrected chi connectivity index (χ3v) is 5.25. The van der Waals surface area contributed by atoms with Crippen LogP contribution in [0.4, 0.5) is 5.69 Å². The van der Waals surface area contributed by atoms with Gasteiger partial charge in [-0.1, -0.05) is 19.0 Å². The quantitative estimate of drug-likeness (QED) is 0.661. The van der Waals surface area contributed by atoms with Crippen molar-refractivity contribution in [1.82, 2.24) is 24.6 Å². The van der Waals surface area contributed by atoms with E-state index in [0.717, 1.165) is 37.7 Å². The van der Waals surface area contributed by atoms with E-state index in [9.17, 15) is 4.79 Å². The Bertz CT molecular complexity index is 1040. The van der Waals surface area contributed by atoms with E-state index in [1.807, 2.05) is 32.0 Å². The molecule has 0 aliphatic carbocycles. The van der Waals surface area contributed by atoms with Gasteiger partial charge in [0.15, 0.2) is 5.82 Å². The molecule has 0 atom stereocenters. The van der Waals surface area contributed by atoms with E-state index in [0.29, 0.717) is 23.3 Å². The number of hydrogen-bond acceptors (Lipinski definition) is 8. The average molecular weight is 398 g/mol. The highest BCUT2D eigenvalue weighted by Gasteiger charge is 2.20. The van der Waals surface area contributed by atoms with Gasteiger partial charge in [-0.3, -0.25) is 14.3 Å². The van der Waals surface area contributed by atoms with Crippen LogP contribution in [0, 0.1) is 0 Å². The molecule has 1 aliphatic heterocycles. The number of aliphatic hydroxyl groups excluding tert-OH is 1. The van der Waals surface area contributed by atoms with Crippen LogP contribution in [-0.2, 0) is 13.1 Å². The maximum Gasteiger partial charge on any atom is 0.261 e. The zero-order valence-electron chi connectivity index (χ0n) is 16.8. The highest BCUT2D eigenvalue weighted by atomic mass is 16.5. The van der Waals surface area contributed by atoms with E-state index in [2.05, 4.69) is 24.9 Å². The molecule has 1 aromatic carbocycles. The number of hydrogen-bond donors (Lipinski definition) is 1. The fraction of sp³-hybridized carbons (Fsp3) is 0.500. The Labute approximate surface area is 168 Å². The topological polar surface area (TPSA) is 101 Å². The molecule has 0 amide bonds. The lowest BCUT2D eigenvalue weighted by Crippen LogP contribution is -2.46. The third kappa shape index (κ3) is 4.15. The molecule has 3 aromatic rings. The number of aliphatic hydroxyl groups is 1. The molecule has 2 aromatic heterocycles. The first kappa shape index (κ1) is 19.5. The first-order valence-corrected chi connectivity index (χ1v) is 9.95. The smallest absolute Gasteiger partial charge is 0.261 e. The van der Waals surface area contributed by atoms with Crippen molar-refractivity contribution in [3.05, 3.63) is 46.6 Å². The number of anilines is 1. The molecule has 0 bridgehead atoms. The molecule has 1 aliphatic rings. The summed E-state index contributed by atoms with van der Waals surface area (Å²) in [5.74, 6) is 1.68. The van der Waals surface area contributed by atoms with Crippen molar-refractivity contribution < 1.29 is 9.63 Å². The van der Waals surface area contributed by atoms with Gasteiger partial charge in [0.2, 0.25) is 5.89 Å². The number of rotatable bonds is 6. The van der Waals surface area contributed by atoms with E-state index < -0.39 is 0 Å². The summed E-state index contributed by atoms with van der Waals surface area (Å²) in [6, 6.07) is 5.76. The largest absolute Gasteiger partial charge is 0.395 e. The summed E-state index contributed by atoms with van der Waals surface area (Å²) >= 11 is 0. The minimum absolute atomic E-state index is 0.0855. The molecule has 4 rings (SSSR count). The van der Waals surface area contributed by atoms with Crippen LogP contribution in [0.1, 0.15) is 31.5 Å². The summed E-state index contributed by atoms with van der Waals surface area (Å²) in [5.41, 5.74) is 1.61. The molecule has 0 saturated carbocycles. The van der Waals surface area contributed by atoms with Gasteiger partial charge in [-0.05, 0) is 18.2 Å². The van der Waals surface area contributed by atoms with Crippen LogP contribution >= 0.6 is 0 Å². The van der Waals surface area contributed by atoms with Crippen LogP contribution in [0.25, 0.3) is 10.9 Å². The van der Waals surface area contributed by atoms with Gasteiger partial charge in [0, 0.05) is 37.8 Å². The van der Waals surface area contributed by atoms with Gasteiger partial charge in [0.1, 0.15) is 0 Å². The van der Waals surface area contributed by atoms with Gasteiger partial charge in [0.05, 0.1) is 36.9 Å². The molecular formula is C20H26N6O3. The Morgan fingerprint density at radius 3 is 2.69 bits per heavy atom. The lowest BCUT2D eigenvalue weighted by molar-refractivity contribution is 0.215. The van der Waals surface area contributed by atoms with E-state index in [4.69, 9.17) is 9.63 Å². The predicted molar refractivity (Wildman–Crippen MR) is 109 cm³/mol. The molecule has 1 fully saturated rings. The van der Waals surface area contributed by atoms with Crippen LogP contribution < -0.4 is 10.5 Å². The van der Waals surface area contributed by atoms with Gasteiger partial charge in [-0.2, -0.15) is 4.98 Å². The zero-order valence-corrected chi connectivity index (χ0v) is 16.8. The Kier molecular flexibility index (Phi) is 5.59. The van der Waals surface area contributed by atoms with Crippen LogP contribution in [-0.4, -0.2) is 62.5 Å². The number of piperazine rings is 1. The lowest BCUT2D eigenvalue weighted by atomic mass is 10.2. The Balaban J connectivity index is 1.42. The minimum Gasteiger partial charge on any atom is -0.395 e. The van der Waals surface area contributed by atoms with Crippen LogP contribution in [0.2, 0.25) is 0 Å². The second-order valence-corrected chi connectivity index (χ2v) is 7.63. The SMILES string of the molecule is CC(C)c1noc(CN2CCN(c3ccc4c(=O)n(CCO)cnc4c3)CC2)n1. The first-order chi connectivity index (χ1) is 14.0. The highest BCUT2D eigenvalue weighted by molar-refractivity contribution is 5.81. The fourth-order valence-electron chi connectivity index (χ4n) is 3.53. The molecule has 0 spiro atoms. The Morgan fingerprint density at radius 1 is 1.21 bits per heavy atom. The van der Waals surface area contributed by atoms with Crippen molar-refractivity contribution in [2.75, 3.05) is 37.7 Å². The molecule has 1 saturated heterocycles. The van der Waals surface area contributed by atoms with Gasteiger partial charge in [-0.15, -0.1) is 0 Å². The predicted octanol–water partition coefficient (Wildman–Crippen LogP) is 1.22. The van der Waals surface area contributed by atoms with E-state index in [1.165, 1.54) is 10.9 Å². The molecule has 29 heavy (non-hydrogen) atoms. The van der Waals surface area contributed by atoms with Crippen molar-refractivity contribution in [1.29, 1.82) is 0 Å². The van der Waals surface area contributed by atoms with Gasteiger partial charge in [0.25, 0.3) is 5.56 Å². The minimum atomic E-state index is -0.124. The summed E-state index contributed by atoms with van der Waals surface area (Å²) in [4.78, 5) is 25.9. The maximum absolute atomic E-state index is 12.4. The third-order valence-electron chi connectivity index (χ3n) is 5.25. The molecule has 154 valence electrons. The molecule has 0 radical (unpaired) electrons. The van der Waals surface area contributed by atoms with Crippen LogP contribution in [0.5, 0.6) is 0 Å². The normalized spacial score (nSPS) is 15.5. The zero-order chi connectivity index (χ0) is 20.4. The summed E-state index contributed by atoms with van der Waals surface area (Å²) in [6.45, 7) is 8.46. The molecule has 0 unspecified atom stereocenters. The van der Waals surface area contributed by atoms with Gasteiger partial charge >= 0.3 is 0 Å². The van der Waals surface area contributed by atoms with Crippen molar-refractivity contribution >= 4 is 16.6 Å². The van der Waals surface area contributed by atoms with Gasteiger partial charge in [-0.25, -0.2) is 4.98 Å². The van der Waals surface area contributed by atoms with E-state index in [1.54, 1.807) is 0 Å². The second-order valence-electron chi connectivity index (χ2n) is 7.63. The Morgan fingerprint density at radius 2 is 2.00 bits per heavy atom. The molecule has 9 heteroatoms. The van der Waals surface area contributed by atoms with E-state index >= 15 is 0 Å². The monoisotopic (exact) mass is 398 g/mol. The fourth-order valence-corrected chi connectivity index (χ4v) is 3.53. The lowest BCUT2D eigenvalue weighted by Gasteiger charge is -2.35. The van der Waals surface area contributed by atoms with Crippen LogP contribution in [0.3, 0.4) is 0 Å². The summed E-state index contributed by atoms with van der Waals surface area (Å²) < 4.78 is 6.79. The van der Waals surface area contributed by atoms with Crippen LogP contribution in [0.15, 0.2) is 33.8 Å². The van der Waals surface area contributed by atoms with Crippen molar-refractivity contribution in [2.24, 2.45) is 0 Å². The standard InChI is InChI=1S/C20H26N6O3/c1-14(2)19-22-18(29-23-19)12-24-5-7-25(8-6-24)15-3-4-16-17(11-15)21-13-26(9-10-27)20(16)28/h3-4,11,13-14,27H,5-10,12H2,1-2H3. The molecule has 9 nitrogen and oxygen atoms in total. The number of fused-ring (bicyclic) bond motifs is 1. The molecular weight excluding hydrogens is 372 g/mol. The summed E-state index contributed by atoms with van der Waals surface area (Å²) in [5, 5.41) is 13.7. The van der Waals surface area contributed by atoms with Crippen molar-refractivity contribution in [3.8, 4) is 0 Å². The Hall–Kier alpha value is -2.78. The first-order valence-electron chi connectivity index (χ1n) is 9.95. The molecule has 3 heterocycles. The number of aromatic nitrogens is 4. The highest BCUT2D eigenvalue weighted by Crippen LogP contribution is 2.21. The van der Waals surface area contributed by atoms with E-state index in [-0.39, 0.29) is 24.6 Å². The van der Waals surface area contributed by atoms with Crippen molar-refractivity contribution in [3.63, 3.8) is 0 Å². The number of benzene rings is 1. The average Bonchev–Trinajstić information content (AvgIpc) is 3.19.